The molecule has 2 heterocycles. The Morgan fingerprint density at radius 2 is 2.38 bits per heavy atom. The van der Waals surface area contributed by atoms with Crippen molar-refractivity contribution in [3.05, 3.63) is 43.0 Å². The Labute approximate surface area is 140 Å². The lowest BCUT2D eigenvalue weighted by molar-refractivity contribution is -0.0238. The molecular weight excluding hydrogens is 365 g/mol. The van der Waals surface area contributed by atoms with Crippen LogP contribution in [0.4, 0.5) is 0 Å². The molecule has 2 rings (SSSR count). The molecule has 0 radical (unpaired) electrons. The standard InChI is InChI=1S/C11H15ClN5O6P/c1-6-3-17(11(19)14-10(6)18)9-2-7(15-16-13)8(23-9)4-22-24(20,21)5-12/h3,7-9H,2,4-5H2,1H3,(H,20,21)(H,14,18,19)/t7-,8+,9+/m0/s1. The van der Waals surface area contributed by atoms with Crippen LogP contribution in [-0.2, 0) is 13.8 Å². The van der Waals surface area contributed by atoms with E-state index in [4.69, 9.17) is 26.4 Å². The normalized spacial score (nSPS) is 25.9. The molecule has 24 heavy (non-hydrogen) atoms. The summed E-state index contributed by atoms with van der Waals surface area (Å²) >= 11 is 5.31. The first-order chi connectivity index (χ1) is 11.3. The highest BCUT2D eigenvalue weighted by molar-refractivity contribution is 7.54. The summed E-state index contributed by atoms with van der Waals surface area (Å²) in [7, 11) is -3.95. The average molecular weight is 380 g/mol. The molecule has 0 amide bonds. The Morgan fingerprint density at radius 3 is 3.00 bits per heavy atom. The van der Waals surface area contributed by atoms with Gasteiger partial charge in [0, 0.05) is 23.1 Å². The van der Waals surface area contributed by atoms with E-state index >= 15 is 0 Å². The van der Waals surface area contributed by atoms with E-state index in [1.54, 1.807) is 0 Å². The number of alkyl halides is 1. The number of aryl methyl sites for hydroxylation is 1. The van der Waals surface area contributed by atoms with Gasteiger partial charge in [0.25, 0.3) is 5.56 Å². The maximum atomic E-state index is 11.9. The molecular formula is C11H15ClN5O6P. The van der Waals surface area contributed by atoms with E-state index in [2.05, 4.69) is 15.0 Å². The van der Waals surface area contributed by atoms with Crippen molar-refractivity contribution in [2.75, 3.05) is 12.2 Å². The van der Waals surface area contributed by atoms with Gasteiger partial charge in [-0.15, -0.1) is 11.6 Å². The highest BCUT2D eigenvalue weighted by atomic mass is 35.5. The molecule has 0 aromatic carbocycles. The fourth-order valence-corrected chi connectivity index (χ4v) is 2.90. The Bertz CT molecular complexity index is 818. The number of rotatable bonds is 6. The summed E-state index contributed by atoms with van der Waals surface area (Å²) in [5.74, 6) is 0. The third-order valence-corrected chi connectivity index (χ3v) is 5.21. The van der Waals surface area contributed by atoms with Crippen molar-refractivity contribution in [2.24, 2.45) is 5.11 Å². The van der Waals surface area contributed by atoms with Crippen molar-refractivity contribution in [3.8, 4) is 0 Å². The van der Waals surface area contributed by atoms with E-state index in [1.165, 1.54) is 13.1 Å². The van der Waals surface area contributed by atoms with Gasteiger partial charge in [0.15, 0.2) is 0 Å². The zero-order chi connectivity index (χ0) is 17.9. The lowest BCUT2D eigenvalue weighted by Gasteiger charge is -2.18. The Hall–Kier alpha value is -1.61. The van der Waals surface area contributed by atoms with Crippen LogP contribution in [0.5, 0.6) is 0 Å². The summed E-state index contributed by atoms with van der Waals surface area (Å²) in [6.07, 6.45) is -0.183. The van der Waals surface area contributed by atoms with Crippen molar-refractivity contribution in [2.45, 2.75) is 31.7 Å². The smallest absolute Gasteiger partial charge is 0.342 e. The molecule has 1 saturated heterocycles. The van der Waals surface area contributed by atoms with Crippen LogP contribution in [0, 0.1) is 6.92 Å². The summed E-state index contributed by atoms with van der Waals surface area (Å²) in [6.45, 7) is 1.19. The molecule has 2 N–H and O–H groups in total. The largest absolute Gasteiger partial charge is 0.352 e. The zero-order valence-electron chi connectivity index (χ0n) is 12.5. The van der Waals surface area contributed by atoms with E-state index in [-0.39, 0.29) is 13.0 Å². The van der Waals surface area contributed by atoms with Gasteiger partial charge in [-0.1, -0.05) is 5.11 Å². The molecule has 0 bridgehead atoms. The minimum atomic E-state index is -3.95. The summed E-state index contributed by atoms with van der Waals surface area (Å²) < 4.78 is 23.0. The summed E-state index contributed by atoms with van der Waals surface area (Å²) in [4.78, 5) is 37.5. The number of aromatic nitrogens is 2. The molecule has 4 atom stereocenters. The van der Waals surface area contributed by atoms with Gasteiger partial charge in [0.2, 0.25) is 0 Å². The van der Waals surface area contributed by atoms with Crippen LogP contribution in [0.15, 0.2) is 20.9 Å². The van der Waals surface area contributed by atoms with Crippen LogP contribution in [0.2, 0.25) is 0 Å². The maximum absolute atomic E-state index is 11.9. The van der Waals surface area contributed by atoms with Gasteiger partial charge >= 0.3 is 13.3 Å². The van der Waals surface area contributed by atoms with Crippen molar-refractivity contribution in [3.63, 3.8) is 0 Å². The zero-order valence-corrected chi connectivity index (χ0v) is 14.2. The molecule has 13 heteroatoms. The maximum Gasteiger partial charge on any atom is 0.342 e. The van der Waals surface area contributed by atoms with Crippen molar-refractivity contribution >= 4 is 19.2 Å². The third kappa shape index (κ3) is 4.27. The lowest BCUT2D eigenvalue weighted by atomic mass is 10.1. The van der Waals surface area contributed by atoms with Gasteiger partial charge < -0.3 is 14.2 Å². The topological polar surface area (TPSA) is 159 Å². The van der Waals surface area contributed by atoms with Crippen LogP contribution in [0.1, 0.15) is 18.2 Å². The second-order valence-corrected chi connectivity index (χ2v) is 7.66. The minimum absolute atomic E-state index is 0.139. The predicted octanol–water partition coefficient (Wildman–Crippen LogP) is 1.21. The van der Waals surface area contributed by atoms with Crippen LogP contribution in [0.25, 0.3) is 10.4 Å². The van der Waals surface area contributed by atoms with E-state index < -0.39 is 42.8 Å². The molecule has 132 valence electrons. The number of nitrogens with zero attached hydrogens (tertiary/aromatic N) is 4. The number of azide groups is 1. The molecule has 1 aliphatic rings. The molecule has 1 aliphatic heterocycles. The van der Waals surface area contributed by atoms with E-state index in [1.807, 2.05) is 0 Å². The first kappa shape index (κ1) is 18.7. The molecule has 1 aromatic rings. The van der Waals surface area contributed by atoms with Crippen LogP contribution < -0.4 is 11.2 Å². The Morgan fingerprint density at radius 1 is 1.67 bits per heavy atom. The SMILES string of the molecule is Cc1cn([C@H]2C[C@H](N=[N+]=[N-])[C@@H](COP(=O)(O)CCl)O2)c(=O)[nH]c1=O. The number of nitrogens with one attached hydrogen (secondary N) is 1. The van der Waals surface area contributed by atoms with Crippen LogP contribution in [0.3, 0.4) is 0 Å². The minimum Gasteiger partial charge on any atom is -0.352 e. The van der Waals surface area contributed by atoms with Gasteiger partial charge in [-0.3, -0.25) is 18.9 Å². The number of ether oxygens (including phenoxy) is 1. The summed E-state index contributed by atoms with van der Waals surface area (Å²) in [5.41, 5.74) is 7.16. The monoisotopic (exact) mass is 379 g/mol. The van der Waals surface area contributed by atoms with Gasteiger partial charge in [0.05, 0.1) is 18.8 Å². The van der Waals surface area contributed by atoms with Gasteiger partial charge in [-0.2, -0.15) is 0 Å². The van der Waals surface area contributed by atoms with Crippen molar-refractivity contribution in [1.82, 2.24) is 9.55 Å². The van der Waals surface area contributed by atoms with Crippen LogP contribution in [-0.4, -0.2) is 38.8 Å². The van der Waals surface area contributed by atoms with Crippen molar-refractivity contribution < 1.29 is 18.7 Å². The number of hydrogen-bond donors (Lipinski definition) is 2. The van der Waals surface area contributed by atoms with E-state index in [0.29, 0.717) is 5.56 Å². The van der Waals surface area contributed by atoms with Gasteiger partial charge in [-0.05, 0) is 12.5 Å². The molecule has 0 saturated carbocycles. The fraction of sp³-hybridized carbons (Fsp3) is 0.636. The predicted molar refractivity (Wildman–Crippen MR) is 84.0 cm³/mol. The highest BCUT2D eigenvalue weighted by Gasteiger charge is 2.37. The summed E-state index contributed by atoms with van der Waals surface area (Å²) in [6, 6.07) is -0.713. The fourth-order valence-electron chi connectivity index (χ4n) is 2.25. The number of aromatic amines is 1. The van der Waals surface area contributed by atoms with Crippen LogP contribution >= 0.6 is 19.2 Å². The van der Waals surface area contributed by atoms with E-state index in [0.717, 1.165) is 4.57 Å². The molecule has 11 nitrogen and oxygen atoms in total. The lowest BCUT2D eigenvalue weighted by Crippen LogP contribution is -2.33. The second-order valence-electron chi connectivity index (χ2n) is 5.17. The molecule has 1 fully saturated rings. The first-order valence-corrected chi connectivity index (χ1v) is 9.11. The number of H-pyrrole nitrogens is 1. The Kier molecular flexibility index (Phi) is 5.87. The third-order valence-electron chi connectivity index (χ3n) is 3.45. The molecule has 0 spiro atoms. The van der Waals surface area contributed by atoms with Crippen molar-refractivity contribution in [1.29, 1.82) is 0 Å². The molecule has 0 aliphatic carbocycles. The number of hydrogen-bond acceptors (Lipinski definition) is 6. The molecule has 1 unspecified atom stereocenters. The number of halogens is 1. The van der Waals surface area contributed by atoms with Gasteiger partial charge in [0.1, 0.15) is 11.8 Å². The quantitative estimate of drug-likeness (QED) is 0.248. The van der Waals surface area contributed by atoms with E-state index in [9.17, 15) is 19.0 Å². The highest BCUT2D eigenvalue weighted by Crippen LogP contribution is 2.44. The second kappa shape index (κ2) is 7.52. The average Bonchev–Trinajstić information content (AvgIpc) is 2.92. The Balaban J connectivity index is 2.22. The first-order valence-electron chi connectivity index (χ1n) is 6.81. The molecule has 1 aromatic heterocycles. The van der Waals surface area contributed by atoms with Gasteiger partial charge in [-0.25, -0.2) is 4.79 Å². The summed E-state index contributed by atoms with van der Waals surface area (Å²) in [5, 5.41) is 3.56.